The summed E-state index contributed by atoms with van der Waals surface area (Å²) in [5.74, 6) is 0.423. The Morgan fingerprint density at radius 3 is 2.14 bits per heavy atom. The maximum absolute atomic E-state index is 12.3. The van der Waals surface area contributed by atoms with Gasteiger partial charge in [0.1, 0.15) is 10.7 Å². The van der Waals surface area contributed by atoms with Crippen LogP contribution in [0.5, 0.6) is 11.5 Å². The largest absolute Gasteiger partial charge is 0.493 e. The minimum Gasteiger partial charge on any atom is -0.493 e. The summed E-state index contributed by atoms with van der Waals surface area (Å²) in [7, 11) is 3.05. The number of carbonyl (C=O) groups excluding carboxylic acids is 2. The lowest BCUT2D eigenvalue weighted by Crippen LogP contribution is -2.24. The van der Waals surface area contributed by atoms with Crippen molar-refractivity contribution < 1.29 is 19.1 Å². The maximum Gasteiger partial charge on any atom is 0.206 e. The van der Waals surface area contributed by atoms with Crippen LogP contribution < -0.4 is 14.8 Å². The lowest BCUT2D eigenvalue weighted by molar-refractivity contribution is -0.116. The van der Waals surface area contributed by atoms with E-state index in [1.54, 1.807) is 32.0 Å². The Morgan fingerprint density at radius 1 is 0.955 bits per heavy atom. The van der Waals surface area contributed by atoms with Crippen molar-refractivity contribution in [1.29, 1.82) is 0 Å². The van der Waals surface area contributed by atoms with E-state index in [1.165, 1.54) is 14.2 Å². The van der Waals surface area contributed by atoms with Crippen LogP contribution in [0.15, 0.2) is 40.1 Å². The Hall–Kier alpha value is -2.27. The lowest BCUT2D eigenvalue weighted by atomic mass is 9.94. The van der Waals surface area contributed by atoms with Gasteiger partial charge in [0.15, 0.2) is 11.5 Å². The molecule has 1 N–H and O–H groups in total. The van der Waals surface area contributed by atoms with Crippen LogP contribution in [0.25, 0.3) is 0 Å². The van der Waals surface area contributed by atoms with Gasteiger partial charge in [-0.1, -0.05) is 11.6 Å². The van der Waals surface area contributed by atoms with Crippen molar-refractivity contribution in [3.05, 3.63) is 40.1 Å². The molecular formula is C16H16ClNO4. The molecule has 0 fully saturated rings. The zero-order valence-electron chi connectivity index (χ0n) is 12.7. The SMILES string of the molecule is COc1ccc(NC2=C(Cl)C(=O)C(C)=C(C)C2=O)cc1OC. The van der Waals surface area contributed by atoms with Crippen LogP contribution in [0.1, 0.15) is 13.8 Å². The van der Waals surface area contributed by atoms with Gasteiger partial charge in [0.25, 0.3) is 0 Å². The summed E-state index contributed by atoms with van der Waals surface area (Å²) in [6.07, 6.45) is 0. The number of methoxy groups -OCH3 is 2. The van der Waals surface area contributed by atoms with E-state index in [-0.39, 0.29) is 22.3 Å². The first-order valence-corrected chi connectivity index (χ1v) is 6.94. The zero-order chi connectivity index (χ0) is 16.4. The number of anilines is 1. The summed E-state index contributed by atoms with van der Waals surface area (Å²) in [5, 5.41) is 2.79. The van der Waals surface area contributed by atoms with Crippen LogP contribution in [0, 0.1) is 0 Å². The highest BCUT2D eigenvalue weighted by Crippen LogP contribution is 2.32. The third-order valence-electron chi connectivity index (χ3n) is 3.54. The molecule has 0 saturated carbocycles. The summed E-state index contributed by atoms with van der Waals surface area (Å²) in [6.45, 7) is 3.19. The molecule has 1 aromatic rings. The fourth-order valence-electron chi connectivity index (χ4n) is 2.08. The zero-order valence-corrected chi connectivity index (χ0v) is 13.5. The number of ketones is 2. The third-order valence-corrected chi connectivity index (χ3v) is 3.90. The van der Waals surface area contributed by atoms with Gasteiger partial charge in [-0.25, -0.2) is 0 Å². The van der Waals surface area contributed by atoms with Crippen molar-refractivity contribution in [2.75, 3.05) is 19.5 Å². The number of allylic oxidation sites excluding steroid dienone is 3. The quantitative estimate of drug-likeness (QED) is 0.863. The number of ether oxygens (including phenoxy) is 2. The highest BCUT2D eigenvalue weighted by Gasteiger charge is 2.29. The highest BCUT2D eigenvalue weighted by atomic mass is 35.5. The first-order chi connectivity index (χ1) is 10.4. The minimum absolute atomic E-state index is 0.0713. The fraction of sp³-hybridized carbons (Fsp3) is 0.250. The van der Waals surface area contributed by atoms with Gasteiger partial charge in [-0.05, 0) is 26.0 Å². The van der Waals surface area contributed by atoms with Crippen molar-refractivity contribution in [2.24, 2.45) is 0 Å². The van der Waals surface area contributed by atoms with Gasteiger partial charge >= 0.3 is 0 Å². The van der Waals surface area contributed by atoms with Crippen LogP contribution in [0.2, 0.25) is 0 Å². The number of nitrogens with one attached hydrogen (secondary N) is 1. The monoisotopic (exact) mass is 321 g/mol. The topological polar surface area (TPSA) is 64.6 Å². The van der Waals surface area contributed by atoms with Crippen molar-refractivity contribution in [3.8, 4) is 11.5 Å². The van der Waals surface area contributed by atoms with Crippen LogP contribution in [0.3, 0.4) is 0 Å². The van der Waals surface area contributed by atoms with E-state index < -0.39 is 0 Å². The van der Waals surface area contributed by atoms with E-state index in [9.17, 15) is 9.59 Å². The van der Waals surface area contributed by atoms with Gasteiger partial charge in [0, 0.05) is 22.9 Å². The molecule has 5 nitrogen and oxygen atoms in total. The summed E-state index contributed by atoms with van der Waals surface area (Å²) in [5.41, 5.74) is 1.39. The molecule has 0 aliphatic heterocycles. The molecule has 0 unspecified atom stereocenters. The van der Waals surface area contributed by atoms with Crippen LogP contribution >= 0.6 is 11.6 Å². The maximum atomic E-state index is 12.3. The summed E-state index contributed by atoms with van der Waals surface area (Å²) < 4.78 is 10.4. The highest BCUT2D eigenvalue weighted by molar-refractivity contribution is 6.49. The number of benzene rings is 1. The molecule has 0 heterocycles. The number of hydrogen-bond acceptors (Lipinski definition) is 5. The molecule has 1 aliphatic carbocycles. The Labute approximate surface area is 133 Å². The molecular weight excluding hydrogens is 306 g/mol. The predicted molar refractivity (Wildman–Crippen MR) is 84.4 cm³/mol. The van der Waals surface area contributed by atoms with Gasteiger partial charge in [0.2, 0.25) is 11.6 Å². The van der Waals surface area contributed by atoms with Gasteiger partial charge < -0.3 is 14.8 Å². The average Bonchev–Trinajstić information content (AvgIpc) is 2.54. The van der Waals surface area contributed by atoms with Gasteiger partial charge in [0.05, 0.1) is 14.2 Å². The summed E-state index contributed by atoms with van der Waals surface area (Å²) >= 11 is 6.03. The number of rotatable bonds is 4. The molecule has 0 atom stereocenters. The molecule has 2 rings (SSSR count). The molecule has 0 amide bonds. The molecule has 0 radical (unpaired) electrons. The van der Waals surface area contributed by atoms with Crippen LogP contribution in [0.4, 0.5) is 5.69 Å². The second kappa shape index (κ2) is 6.23. The van der Waals surface area contributed by atoms with Gasteiger partial charge in [-0.2, -0.15) is 0 Å². The Morgan fingerprint density at radius 2 is 1.55 bits per heavy atom. The number of hydrogen-bond donors (Lipinski definition) is 1. The number of halogens is 1. The molecule has 0 spiro atoms. The van der Waals surface area contributed by atoms with Crippen molar-refractivity contribution in [2.45, 2.75) is 13.8 Å². The molecule has 22 heavy (non-hydrogen) atoms. The van der Waals surface area contributed by atoms with E-state index in [2.05, 4.69) is 5.32 Å². The third kappa shape index (κ3) is 2.72. The van der Waals surface area contributed by atoms with Gasteiger partial charge in [-0.15, -0.1) is 0 Å². The Bertz CT molecular complexity index is 719. The normalized spacial score (nSPS) is 15.3. The van der Waals surface area contributed by atoms with E-state index in [0.717, 1.165) is 0 Å². The van der Waals surface area contributed by atoms with Crippen LogP contribution in [-0.4, -0.2) is 25.8 Å². The lowest BCUT2D eigenvalue weighted by Gasteiger charge is -2.19. The molecule has 116 valence electrons. The molecule has 0 bridgehead atoms. The smallest absolute Gasteiger partial charge is 0.206 e. The van der Waals surface area contributed by atoms with E-state index in [0.29, 0.717) is 28.3 Å². The number of Topliss-reactive ketones (excluding diaryl/α,β-unsaturated/α-hetero) is 2. The average molecular weight is 322 g/mol. The second-order valence-corrected chi connectivity index (χ2v) is 5.17. The van der Waals surface area contributed by atoms with Crippen LogP contribution in [-0.2, 0) is 9.59 Å². The molecule has 0 aromatic heterocycles. The van der Waals surface area contributed by atoms with E-state index >= 15 is 0 Å². The fourth-order valence-corrected chi connectivity index (χ4v) is 2.35. The molecule has 1 aromatic carbocycles. The van der Waals surface area contributed by atoms with Crippen molar-refractivity contribution >= 4 is 28.9 Å². The first kappa shape index (κ1) is 16.1. The minimum atomic E-state index is -0.346. The van der Waals surface area contributed by atoms with Crippen molar-refractivity contribution in [1.82, 2.24) is 0 Å². The Balaban J connectivity index is 2.38. The molecule has 6 heteroatoms. The van der Waals surface area contributed by atoms with Gasteiger partial charge in [-0.3, -0.25) is 9.59 Å². The number of carbonyl (C=O) groups is 2. The summed E-state index contributed by atoms with van der Waals surface area (Å²) in [6, 6.07) is 5.06. The Kier molecular flexibility index (Phi) is 4.56. The van der Waals surface area contributed by atoms with E-state index in [1.807, 2.05) is 0 Å². The molecule has 1 aliphatic rings. The summed E-state index contributed by atoms with van der Waals surface area (Å²) in [4.78, 5) is 24.3. The first-order valence-electron chi connectivity index (χ1n) is 6.56. The standard InChI is InChI=1S/C16H16ClNO4/c1-8-9(2)16(20)14(13(17)15(8)19)18-10-5-6-11(21-3)12(7-10)22-4/h5-7,18H,1-4H3. The molecule has 0 saturated heterocycles. The second-order valence-electron chi connectivity index (χ2n) is 4.79. The van der Waals surface area contributed by atoms with Crippen molar-refractivity contribution in [3.63, 3.8) is 0 Å². The predicted octanol–water partition coefficient (Wildman–Crippen LogP) is 3.05. The van der Waals surface area contributed by atoms with E-state index in [4.69, 9.17) is 21.1 Å².